The number of para-hydroxylation sites is 1. The second kappa shape index (κ2) is 7.53. The molecule has 0 aliphatic heterocycles. The number of nitrogens with zero attached hydrogens (tertiary/aromatic N) is 2. The van der Waals surface area contributed by atoms with Crippen LogP contribution in [0.25, 0.3) is 0 Å². The molecule has 1 aromatic carbocycles. The summed E-state index contributed by atoms with van der Waals surface area (Å²) >= 11 is 5.71. The molecule has 8 heteroatoms. The van der Waals surface area contributed by atoms with Gasteiger partial charge in [0.2, 0.25) is 5.89 Å². The summed E-state index contributed by atoms with van der Waals surface area (Å²) in [7, 11) is 1.55. The zero-order chi connectivity index (χ0) is 17.7. The van der Waals surface area contributed by atoms with E-state index >= 15 is 0 Å². The quantitative estimate of drug-likeness (QED) is 0.829. The molecule has 1 N–H and O–H groups in total. The van der Waals surface area contributed by atoms with Crippen LogP contribution in [0.15, 0.2) is 28.8 Å². The molecule has 0 spiro atoms. The van der Waals surface area contributed by atoms with E-state index in [1.54, 1.807) is 40.0 Å². The van der Waals surface area contributed by atoms with Crippen LogP contribution in [0.3, 0.4) is 0 Å². The Morgan fingerprint density at radius 1 is 1.38 bits per heavy atom. The molecule has 0 aliphatic rings. The van der Waals surface area contributed by atoms with Crippen LogP contribution in [-0.4, -0.2) is 28.9 Å². The maximum atomic E-state index is 12.2. The summed E-state index contributed by atoms with van der Waals surface area (Å²) in [6.07, 6.45) is -0.601. The lowest BCUT2D eigenvalue weighted by atomic mass is 10.1. The van der Waals surface area contributed by atoms with E-state index in [2.05, 4.69) is 15.5 Å². The van der Waals surface area contributed by atoms with Crippen molar-refractivity contribution < 1.29 is 18.8 Å². The van der Waals surface area contributed by atoms with Gasteiger partial charge in [0.1, 0.15) is 23.3 Å². The Balaban J connectivity index is 2.36. The number of ether oxygens (including phenoxy) is 2. The fourth-order valence-corrected chi connectivity index (χ4v) is 2.16. The summed E-state index contributed by atoms with van der Waals surface area (Å²) < 4.78 is 15.7. The van der Waals surface area contributed by atoms with Crippen LogP contribution in [0.5, 0.6) is 5.75 Å². The number of alkyl carbamates (subject to hydrolysis) is 1. The third kappa shape index (κ3) is 4.61. The SMILES string of the molecule is COc1ccccc1C(NC(=O)OC(C)(C)C)c1noc(CCl)n1. The molecule has 0 saturated heterocycles. The van der Waals surface area contributed by atoms with E-state index in [1.807, 2.05) is 12.1 Å². The zero-order valence-corrected chi connectivity index (χ0v) is 14.8. The van der Waals surface area contributed by atoms with E-state index < -0.39 is 17.7 Å². The molecule has 1 amide bonds. The van der Waals surface area contributed by atoms with Crippen LogP contribution in [-0.2, 0) is 10.6 Å². The van der Waals surface area contributed by atoms with E-state index in [0.29, 0.717) is 11.3 Å². The van der Waals surface area contributed by atoms with Gasteiger partial charge in [-0.25, -0.2) is 4.79 Å². The van der Waals surface area contributed by atoms with Crippen molar-refractivity contribution in [2.24, 2.45) is 0 Å². The first-order chi connectivity index (χ1) is 11.3. The molecule has 0 bridgehead atoms. The summed E-state index contributed by atoms with van der Waals surface area (Å²) in [6, 6.07) is 6.54. The molecule has 0 aliphatic carbocycles. The first-order valence-corrected chi connectivity index (χ1v) is 7.88. The van der Waals surface area contributed by atoms with E-state index in [4.69, 9.17) is 25.6 Å². The molecule has 1 atom stereocenters. The number of carbonyl (C=O) groups excluding carboxylic acids is 1. The number of hydrogen-bond donors (Lipinski definition) is 1. The van der Waals surface area contributed by atoms with Crippen molar-refractivity contribution in [1.82, 2.24) is 15.5 Å². The topological polar surface area (TPSA) is 86.5 Å². The highest BCUT2D eigenvalue weighted by Crippen LogP contribution is 2.29. The average Bonchev–Trinajstić information content (AvgIpc) is 2.99. The Morgan fingerprint density at radius 3 is 2.67 bits per heavy atom. The van der Waals surface area contributed by atoms with Gasteiger partial charge in [0.05, 0.1) is 7.11 Å². The van der Waals surface area contributed by atoms with E-state index in [-0.39, 0.29) is 17.6 Å². The lowest BCUT2D eigenvalue weighted by Gasteiger charge is -2.23. The molecule has 130 valence electrons. The molecule has 1 aromatic heterocycles. The van der Waals surface area contributed by atoms with Crippen molar-refractivity contribution in [3.05, 3.63) is 41.5 Å². The molecule has 1 unspecified atom stereocenters. The highest BCUT2D eigenvalue weighted by atomic mass is 35.5. The predicted molar refractivity (Wildman–Crippen MR) is 88.1 cm³/mol. The largest absolute Gasteiger partial charge is 0.496 e. The Labute approximate surface area is 145 Å². The van der Waals surface area contributed by atoms with Crippen molar-refractivity contribution in [3.63, 3.8) is 0 Å². The van der Waals surface area contributed by atoms with Crippen molar-refractivity contribution in [2.45, 2.75) is 38.3 Å². The number of hydrogen-bond acceptors (Lipinski definition) is 6. The van der Waals surface area contributed by atoms with Gasteiger partial charge in [0, 0.05) is 5.56 Å². The molecule has 2 rings (SSSR count). The first kappa shape index (κ1) is 18.1. The molecule has 0 fully saturated rings. The number of halogens is 1. The van der Waals surface area contributed by atoms with Crippen molar-refractivity contribution in [3.8, 4) is 5.75 Å². The summed E-state index contributed by atoms with van der Waals surface area (Å²) in [4.78, 5) is 16.4. The number of benzene rings is 1. The van der Waals surface area contributed by atoms with Crippen molar-refractivity contribution in [1.29, 1.82) is 0 Å². The molecule has 2 aromatic rings. The van der Waals surface area contributed by atoms with Gasteiger partial charge in [-0.2, -0.15) is 4.98 Å². The van der Waals surface area contributed by atoms with Gasteiger partial charge in [-0.05, 0) is 26.8 Å². The molecule has 24 heavy (non-hydrogen) atoms. The van der Waals surface area contributed by atoms with Crippen molar-refractivity contribution in [2.75, 3.05) is 7.11 Å². The fourth-order valence-electron chi connectivity index (χ4n) is 2.05. The summed E-state index contributed by atoms with van der Waals surface area (Å²) in [5.74, 6) is 1.19. The summed E-state index contributed by atoms with van der Waals surface area (Å²) in [6.45, 7) is 5.35. The maximum absolute atomic E-state index is 12.2. The first-order valence-electron chi connectivity index (χ1n) is 7.35. The minimum absolute atomic E-state index is 0.0814. The van der Waals surface area contributed by atoms with E-state index in [0.717, 1.165) is 0 Å². The predicted octanol–water partition coefficient (Wildman–Crippen LogP) is 3.43. The third-order valence-corrected chi connectivity index (χ3v) is 3.20. The minimum Gasteiger partial charge on any atom is -0.496 e. The average molecular weight is 354 g/mol. The molecule has 0 radical (unpaired) electrons. The molecular formula is C16H20ClN3O4. The van der Waals surface area contributed by atoms with E-state index in [1.165, 1.54) is 0 Å². The maximum Gasteiger partial charge on any atom is 0.408 e. The molecular weight excluding hydrogens is 334 g/mol. The number of alkyl halides is 1. The third-order valence-electron chi connectivity index (χ3n) is 2.97. The van der Waals surface area contributed by atoms with Crippen LogP contribution in [0.1, 0.15) is 44.1 Å². The Bertz CT molecular complexity index is 697. The van der Waals surface area contributed by atoms with Gasteiger partial charge in [0.15, 0.2) is 5.82 Å². The molecule has 0 saturated carbocycles. The Morgan fingerprint density at radius 2 is 2.08 bits per heavy atom. The molecule has 7 nitrogen and oxygen atoms in total. The van der Waals surface area contributed by atoms with E-state index in [9.17, 15) is 4.79 Å². The summed E-state index contributed by atoms with van der Waals surface area (Å²) in [5.41, 5.74) is 0.0429. The Kier molecular flexibility index (Phi) is 5.66. The molecule has 1 heterocycles. The Hall–Kier alpha value is -2.28. The van der Waals surface area contributed by atoms with Crippen LogP contribution in [0.2, 0.25) is 0 Å². The smallest absolute Gasteiger partial charge is 0.408 e. The lowest BCUT2D eigenvalue weighted by molar-refractivity contribution is 0.0509. The monoisotopic (exact) mass is 353 g/mol. The van der Waals surface area contributed by atoms with Gasteiger partial charge in [-0.15, -0.1) is 11.6 Å². The number of nitrogens with one attached hydrogen (secondary N) is 1. The second-order valence-corrected chi connectivity index (χ2v) is 6.27. The minimum atomic E-state index is -0.697. The highest BCUT2D eigenvalue weighted by Gasteiger charge is 2.27. The van der Waals surface area contributed by atoms with Gasteiger partial charge in [-0.3, -0.25) is 0 Å². The number of aromatic nitrogens is 2. The lowest BCUT2D eigenvalue weighted by Crippen LogP contribution is -2.36. The number of amides is 1. The second-order valence-electron chi connectivity index (χ2n) is 6.00. The standard InChI is InChI=1S/C16H20ClN3O4/c1-16(2,3)23-15(21)19-13(14-18-12(9-17)24-20-14)10-7-5-6-8-11(10)22-4/h5-8,13H,9H2,1-4H3,(H,19,21). The van der Waals surface area contributed by atoms with Crippen LogP contribution >= 0.6 is 11.6 Å². The zero-order valence-electron chi connectivity index (χ0n) is 14.0. The number of methoxy groups -OCH3 is 1. The highest BCUT2D eigenvalue weighted by molar-refractivity contribution is 6.16. The normalized spacial score (nSPS) is 12.5. The van der Waals surface area contributed by atoms with Gasteiger partial charge in [0.25, 0.3) is 0 Å². The van der Waals surface area contributed by atoms with Gasteiger partial charge in [-0.1, -0.05) is 23.4 Å². The summed E-state index contributed by atoms with van der Waals surface area (Å²) in [5, 5.41) is 6.64. The van der Waals surface area contributed by atoms with Gasteiger partial charge >= 0.3 is 6.09 Å². The fraction of sp³-hybridized carbons (Fsp3) is 0.438. The van der Waals surface area contributed by atoms with Crippen LogP contribution in [0, 0.1) is 0 Å². The number of carbonyl (C=O) groups is 1. The number of rotatable bonds is 5. The van der Waals surface area contributed by atoms with Crippen LogP contribution in [0.4, 0.5) is 4.79 Å². The van der Waals surface area contributed by atoms with Crippen LogP contribution < -0.4 is 10.1 Å². The van der Waals surface area contributed by atoms with Crippen molar-refractivity contribution >= 4 is 17.7 Å². The van der Waals surface area contributed by atoms with Gasteiger partial charge < -0.3 is 19.3 Å².